The van der Waals surface area contributed by atoms with Crippen molar-refractivity contribution in [3.05, 3.63) is 65.2 Å². The molecule has 3 aromatic rings. The molecule has 0 aliphatic heterocycles. The normalized spacial score (nSPS) is 11.6. The Morgan fingerprint density at radius 1 is 1.22 bits per heavy atom. The zero-order valence-corrected chi connectivity index (χ0v) is 14.8. The van der Waals surface area contributed by atoms with Gasteiger partial charge in [-0.3, -0.25) is 14.2 Å². The summed E-state index contributed by atoms with van der Waals surface area (Å²) in [5.41, 5.74) is 1.92. The quantitative estimate of drug-likeness (QED) is 0.741. The summed E-state index contributed by atoms with van der Waals surface area (Å²) in [5.74, 6) is -0.481. The van der Waals surface area contributed by atoms with Gasteiger partial charge in [-0.2, -0.15) is 23.4 Å². The number of carbonyl (C=O) groups excluding carboxylic acids is 1. The van der Waals surface area contributed by atoms with Crippen LogP contribution in [0, 0.1) is 13.8 Å². The van der Waals surface area contributed by atoms with Crippen LogP contribution in [0.4, 0.5) is 18.9 Å². The molecular weight excluding hydrogens is 359 g/mol. The molecule has 0 aliphatic rings. The van der Waals surface area contributed by atoms with Crippen LogP contribution in [0.5, 0.6) is 0 Å². The Hall–Kier alpha value is -3.10. The van der Waals surface area contributed by atoms with E-state index in [0.29, 0.717) is 12.2 Å². The van der Waals surface area contributed by atoms with Crippen LogP contribution >= 0.6 is 0 Å². The number of hydrogen-bond acceptors (Lipinski definition) is 3. The van der Waals surface area contributed by atoms with Crippen molar-refractivity contribution in [2.75, 3.05) is 5.32 Å². The summed E-state index contributed by atoms with van der Waals surface area (Å²) in [6.07, 6.45) is -1.38. The number of amides is 1. The van der Waals surface area contributed by atoms with Gasteiger partial charge in [-0.1, -0.05) is 29.8 Å². The lowest BCUT2D eigenvalue weighted by atomic mass is 10.1. The average molecular weight is 377 g/mol. The molecule has 0 aliphatic carbocycles. The van der Waals surface area contributed by atoms with E-state index in [4.69, 9.17) is 0 Å². The average Bonchev–Trinajstić information content (AvgIpc) is 3.14. The molecule has 0 fully saturated rings. The maximum Gasteiger partial charge on any atom is 0.435 e. The zero-order valence-electron chi connectivity index (χ0n) is 14.8. The fourth-order valence-electron chi connectivity index (χ4n) is 2.66. The number of hydrogen-bond donors (Lipinski definition) is 1. The van der Waals surface area contributed by atoms with Crippen LogP contribution in [-0.4, -0.2) is 25.5 Å². The maximum atomic E-state index is 12.7. The number of nitrogens with zero attached hydrogens (tertiary/aromatic N) is 4. The summed E-state index contributed by atoms with van der Waals surface area (Å²) in [7, 11) is 0. The summed E-state index contributed by atoms with van der Waals surface area (Å²) in [6, 6.07) is 8.88. The molecule has 27 heavy (non-hydrogen) atoms. The molecule has 0 bridgehead atoms. The fourth-order valence-corrected chi connectivity index (χ4v) is 2.66. The van der Waals surface area contributed by atoms with Gasteiger partial charge in [-0.05, 0) is 25.5 Å². The highest BCUT2D eigenvalue weighted by Crippen LogP contribution is 2.28. The molecule has 0 saturated carbocycles. The van der Waals surface area contributed by atoms with Crippen LogP contribution in [0.15, 0.2) is 42.7 Å². The number of aryl methyl sites for hydroxylation is 2. The maximum absolute atomic E-state index is 12.7. The number of benzene rings is 1. The molecule has 0 radical (unpaired) electrons. The van der Waals surface area contributed by atoms with Crippen LogP contribution in [-0.2, 0) is 24.1 Å². The van der Waals surface area contributed by atoms with Crippen LogP contribution in [0.25, 0.3) is 0 Å². The third-order valence-corrected chi connectivity index (χ3v) is 3.91. The standard InChI is InChI=1S/C18H18F3N5O/c1-12-4-3-5-14(6-12)9-25-10-15(8-22-25)23-17(27)11-26-13(2)7-16(24-26)18(19,20)21/h3-8,10H,9,11H2,1-2H3,(H,23,27). The Bertz CT molecular complexity index is 958. The lowest BCUT2D eigenvalue weighted by Gasteiger charge is -2.05. The molecule has 6 nitrogen and oxygen atoms in total. The minimum absolute atomic E-state index is 0.257. The molecule has 1 N–H and O–H groups in total. The second kappa shape index (κ2) is 7.26. The Labute approximate surface area is 153 Å². The van der Waals surface area contributed by atoms with E-state index in [0.717, 1.165) is 21.9 Å². The van der Waals surface area contributed by atoms with Gasteiger partial charge in [0.05, 0.1) is 18.4 Å². The van der Waals surface area contributed by atoms with E-state index >= 15 is 0 Å². The van der Waals surface area contributed by atoms with Gasteiger partial charge in [0.2, 0.25) is 5.91 Å². The minimum Gasteiger partial charge on any atom is -0.322 e. The van der Waals surface area contributed by atoms with Gasteiger partial charge in [0.25, 0.3) is 0 Å². The monoisotopic (exact) mass is 377 g/mol. The van der Waals surface area contributed by atoms with Gasteiger partial charge in [0, 0.05) is 11.9 Å². The number of halogens is 3. The topological polar surface area (TPSA) is 64.7 Å². The number of alkyl halides is 3. The second-order valence-corrected chi connectivity index (χ2v) is 6.29. The lowest BCUT2D eigenvalue weighted by molar-refractivity contribution is -0.141. The molecule has 0 unspecified atom stereocenters. The Balaban J connectivity index is 1.62. The highest BCUT2D eigenvalue weighted by molar-refractivity contribution is 5.90. The number of carbonyl (C=O) groups is 1. The Kier molecular flexibility index (Phi) is 5.02. The van der Waals surface area contributed by atoms with E-state index in [9.17, 15) is 18.0 Å². The van der Waals surface area contributed by atoms with Crippen molar-refractivity contribution < 1.29 is 18.0 Å². The first-order valence-corrected chi connectivity index (χ1v) is 8.20. The molecular formula is C18H18F3N5O. The van der Waals surface area contributed by atoms with Gasteiger partial charge in [-0.25, -0.2) is 0 Å². The minimum atomic E-state index is -4.54. The Morgan fingerprint density at radius 3 is 2.67 bits per heavy atom. The second-order valence-electron chi connectivity index (χ2n) is 6.29. The predicted octanol–water partition coefficient (Wildman–Crippen LogP) is 3.40. The van der Waals surface area contributed by atoms with Crippen molar-refractivity contribution in [3.63, 3.8) is 0 Å². The lowest BCUT2D eigenvalue weighted by Crippen LogP contribution is -2.20. The molecule has 0 saturated heterocycles. The molecule has 3 rings (SSSR count). The molecule has 142 valence electrons. The molecule has 2 heterocycles. The van der Waals surface area contributed by atoms with E-state index in [2.05, 4.69) is 15.5 Å². The highest BCUT2D eigenvalue weighted by Gasteiger charge is 2.34. The SMILES string of the molecule is Cc1cccc(Cn2cc(NC(=O)Cn3nc(C(F)(F)F)cc3C)cn2)c1. The molecule has 9 heteroatoms. The first-order chi connectivity index (χ1) is 12.7. The van der Waals surface area contributed by atoms with E-state index in [-0.39, 0.29) is 12.2 Å². The van der Waals surface area contributed by atoms with E-state index in [1.807, 2.05) is 31.2 Å². The summed E-state index contributed by atoms with van der Waals surface area (Å²) < 4.78 is 40.7. The largest absolute Gasteiger partial charge is 0.435 e. The highest BCUT2D eigenvalue weighted by atomic mass is 19.4. The molecule has 0 atom stereocenters. The van der Waals surface area contributed by atoms with E-state index in [1.165, 1.54) is 13.1 Å². The van der Waals surface area contributed by atoms with Gasteiger partial charge in [0.15, 0.2) is 5.69 Å². The van der Waals surface area contributed by atoms with Crippen molar-refractivity contribution in [3.8, 4) is 0 Å². The van der Waals surface area contributed by atoms with E-state index in [1.54, 1.807) is 10.9 Å². The third kappa shape index (κ3) is 4.75. The van der Waals surface area contributed by atoms with E-state index < -0.39 is 17.8 Å². The molecule has 0 spiro atoms. The Morgan fingerprint density at radius 2 is 2.00 bits per heavy atom. The summed E-state index contributed by atoms with van der Waals surface area (Å²) in [5, 5.41) is 10.2. The van der Waals surface area contributed by atoms with Gasteiger partial charge < -0.3 is 5.32 Å². The summed E-state index contributed by atoms with van der Waals surface area (Å²) in [6.45, 7) is 3.70. The van der Waals surface area contributed by atoms with Gasteiger partial charge >= 0.3 is 6.18 Å². The van der Waals surface area contributed by atoms with Crippen molar-refractivity contribution in [2.45, 2.75) is 33.1 Å². The number of rotatable bonds is 5. The van der Waals surface area contributed by atoms with Crippen molar-refractivity contribution in [2.24, 2.45) is 0 Å². The number of nitrogens with one attached hydrogen (secondary N) is 1. The van der Waals surface area contributed by atoms with Crippen molar-refractivity contribution >= 4 is 11.6 Å². The van der Waals surface area contributed by atoms with Crippen LogP contribution in [0.1, 0.15) is 22.5 Å². The van der Waals surface area contributed by atoms with Crippen LogP contribution in [0.2, 0.25) is 0 Å². The smallest absolute Gasteiger partial charge is 0.322 e. The molecule has 1 aromatic carbocycles. The van der Waals surface area contributed by atoms with Crippen LogP contribution in [0.3, 0.4) is 0 Å². The third-order valence-electron chi connectivity index (χ3n) is 3.91. The predicted molar refractivity (Wildman–Crippen MR) is 93.1 cm³/mol. The number of anilines is 1. The van der Waals surface area contributed by atoms with Gasteiger partial charge in [-0.15, -0.1) is 0 Å². The number of aromatic nitrogens is 4. The van der Waals surface area contributed by atoms with Crippen LogP contribution < -0.4 is 5.32 Å². The molecule has 2 aromatic heterocycles. The summed E-state index contributed by atoms with van der Waals surface area (Å²) in [4.78, 5) is 12.1. The van der Waals surface area contributed by atoms with Gasteiger partial charge in [0.1, 0.15) is 6.54 Å². The van der Waals surface area contributed by atoms with Crippen molar-refractivity contribution in [1.29, 1.82) is 0 Å². The molecule has 1 amide bonds. The first-order valence-electron chi connectivity index (χ1n) is 8.20. The van der Waals surface area contributed by atoms with Crippen molar-refractivity contribution in [1.82, 2.24) is 19.6 Å². The first kappa shape index (κ1) is 18.7. The zero-order chi connectivity index (χ0) is 19.6. The summed E-state index contributed by atoms with van der Waals surface area (Å²) >= 11 is 0. The fraction of sp³-hybridized carbons (Fsp3) is 0.278.